The molecule has 4 heteroatoms. The summed E-state index contributed by atoms with van der Waals surface area (Å²) in [6.07, 6.45) is 2.09. The average Bonchev–Trinajstić information content (AvgIpc) is 2.62. The maximum atomic E-state index is 11.5. The van der Waals surface area contributed by atoms with Crippen molar-refractivity contribution < 1.29 is 9.90 Å². The van der Waals surface area contributed by atoms with E-state index in [2.05, 4.69) is 24.1 Å². The highest BCUT2D eigenvalue weighted by atomic mass is 16.3. The number of hydrogen-bond acceptors (Lipinski definition) is 3. The van der Waals surface area contributed by atoms with Crippen LogP contribution in [0.5, 0.6) is 0 Å². The summed E-state index contributed by atoms with van der Waals surface area (Å²) < 4.78 is 0. The molecule has 0 aromatic heterocycles. The summed E-state index contributed by atoms with van der Waals surface area (Å²) >= 11 is 0. The summed E-state index contributed by atoms with van der Waals surface area (Å²) in [5.41, 5.74) is 0. The normalized spacial score (nSPS) is 22.3. The minimum absolute atomic E-state index is 0.0732. The Kier molecular flexibility index (Phi) is 5.05. The van der Waals surface area contributed by atoms with Crippen molar-refractivity contribution in [2.45, 2.75) is 32.7 Å². The molecule has 1 atom stereocenters. The van der Waals surface area contributed by atoms with Crippen LogP contribution in [-0.2, 0) is 4.79 Å². The molecule has 88 valence electrons. The molecule has 1 rings (SSSR count). The van der Waals surface area contributed by atoms with Crippen LogP contribution >= 0.6 is 0 Å². The molecule has 1 aliphatic heterocycles. The first-order chi connectivity index (χ1) is 7.13. The zero-order valence-corrected chi connectivity index (χ0v) is 9.70. The average molecular weight is 214 g/mol. The first kappa shape index (κ1) is 12.5. The molecule has 15 heavy (non-hydrogen) atoms. The van der Waals surface area contributed by atoms with Gasteiger partial charge in [0.25, 0.3) is 0 Å². The monoisotopic (exact) mass is 214 g/mol. The lowest BCUT2D eigenvalue weighted by Gasteiger charge is -2.22. The van der Waals surface area contributed by atoms with Gasteiger partial charge in [-0.3, -0.25) is 9.69 Å². The van der Waals surface area contributed by atoms with E-state index in [0.29, 0.717) is 12.5 Å². The Balaban J connectivity index is 2.24. The summed E-state index contributed by atoms with van der Waals surface area (Å²) in [4.78, 5) is 13.6. The maximum absolute atomic E-state index is 11.5. The van der Waals surface area contributed by atoms with Crippen LogP contribution in [-0.4, -0.2) is 48.2 Å². The van der Waals surface area contributed by atoms with Crippen LogP contribution in [0.25, 0.3) is 0 Å². The molecule has 1 heterocycles. The molecule has 0 radical (unpaired) electrons. The number of amides is 1. The Labute approximate surface area is 91.6 Å². The molecule has 1 fully saturated rings. The van der Waals surface area contributed by atoms with Crippen LogP contribution in [0.3, 0.4) is 0 Å². The summed E-state index contributed by atoms with van der Waals surface area (Å²) in [5, 5.41) is 12.0. The Morgan fingerprint density at radius 1 is 1.60 bits per heavy atom. The van der Waals surface area contributed by atoms with Crippen molar-refractivity contribution in [1.29, 1.82) is 0 Å². The summed E-state index contributed by atoms with van der Waals surface area (Å²) in [5.74, 6) is 0.560. The van der Waals surface area contributed by atoms with Crippen LogP contribution in [0, 0.1) is 5.92 Å². The quantitative estimate of drug-likeness (QED) is 0.688. The number of carbonyl (C=O) groups is 1. The van der Waals surface area contributed by atoms with Gasteiger partial charge in [0.1, 0.15) is 0 Å². The molecule has 1 amide bonds. The number of nitrogens with zero attached hydrogens (tertiary/aromatic N) is 1. The molecular weight excluding hydrogens is 192 g/mol. The van der Waals surface area contributed by atoms with Gasteiger partial charge in [-0.1, -0.05) is 13.8 Å². The Morgan fingerprint density at radius 2 is 2.33 bits per heavy atom. The Hall–Kier alpha value is -0.610. The van der Waals surface area contributed by atoms with E-state index in [1.165, 1.54) is 0 Å². The number of likely N-dealkylation sites (tertiary alicyclic amines) is 1. The number of rotatable bonds is 5. The molecule has 0 aromatic rings. The highest BCUT2D eigenvalue weighted by Crippen LogP contribution is 2.15. The fourth-order valence-electron chi connectivity index (χ4n) is 1.87. The summed E-state index contributed by atoms with van der Waals surface area (Å²) in [6, 6.07) is 0.190. The van der Waals surface area contributed by atoms with Gasteiger partial charge in [0.2, 0.25) is 5.91 Å². The molecule has 2 N–H and O–H groups in total. The van der Waals surface area contributed by atoms with E-state index in [0.717, 1.165) is 25.9 Å². The first-order valence-electron chi connectivity index (χ1n) is 5.75. The minimum atomic E-state index is 0.0732. The van der Waals surface area contributed by atoms with Gasteiger partial charge in [-0.2, -0.15) is 0 Å². The van der Waals surface area contributed by atoms with Crippen molar-refractivity contribution in [3.8, 4) is 0 Å². The fourth-order valence-corrected chi connectivity index (χ4v) is 1.87. The molecule has 0 saturated carbocycles. The van der Waals surface area contributed by atoms with E-state index >= 15 is 0 Å². The summed E-state index contributed by atoms with van der Waals surface area (Å²) in [7, 11) is 0. The van der Waals surface area contributed by atoms with E-state index in [1.54, 1.807) is 0 Å². The number of carbonyl (C=O) groups excluding carboxylic acids is 1. The number of nitrogens with one attached hydrogen (secondary N) is 1. The topological polar surface area (TPSA) is 52.6 Å². The maximum Gasteiger partial charge on any atom is 0.234 e. The van der Waals surface area contributed by atoms with E-state index < -0.39 is 0 Å². The van der Waals surface area contributed by atoms with Crippen molar-refractivity contribution >= 4 is 5.91 Å². The van der Waals surface area contributed by atoms with Gasteiger partial charge in [0.15, 0.2) is 0 Å². The van der Waals surface area contributed by atoms with Crippen LogP contribution in [0.4, 0.5) is 0 Å². The highest BCUT2D eigenvalue weighted by molar-refractivity contribution is 5.78. The van der Waals surface area contributed by atoms with Crippen molar-refractivity contribution in [2.75, 3.05) is 26.2 Å². The first-order valence-corrected chi connectivity index (χ1v) is 5.75. The predicted octanol–water partition coefficient (Wildman–Crippen LogP) is 0.215. The lowest BCUT2D eigenvalue weighted by atomic mass is 10.2. The molecule has 0 unspecified atom stereocenters. The Morgan fingerprint density at radius 3 is 2.93 bits per heavy atom. The molecule has 0 aliphatic carbocycles. The SMILES string of the molecule is CC(C)CNC(=O)CN1CCC[C@@H]1CO. The standard InChI is InChI=1S/C11H22N2O2/c1-9(2)6-12-11(15)7-13-5-3-4-10(13)8-14/h9-10,14H,3-8H2,1-2H3,(H,12,15)/t10-/m1/s1. The predicted molar refractivity (Wildman–Crippen MR) is 59.5 cm³/mol. The van der Waals surface area contributed by atoms with E-state index in [1.807, 2.05) is 0 Å². The minimum Gasteiger partial charge on any atom is -0.395 e. The Bertz CT molecular complexity index is 207. The van der Waals surface area contributed by atoms with E-state index in [4.69, 9.17) is 5.11 Å². The number of aliphatic hydroxyl groups excluding tert-OH is 1. The van der Waals surface area contributed by atoms with Crippen LogP contribution in [0.1, 0.15) is 26.7 Å². The van der Waals surface area contributed by atoms with E-state index in [-0.39, 0.29) is 18.6 Å². The molecule has 4 nitrogen and oxygen atoms in total. The zero-order chi connectivity index (χ0) is 11.3. The molecule has 1 aliphatic rings. The smallest absolute Gasteiger partial charge is 0.234 e. The number of hydrogen-bond donors (Lipinski definition) is 2. The van der Waals surface area contributed by atoms with Crippen molar-refractivity contribution in [1.82, 2.24) is 10.2 Å². The zero-order valence-electron chi connectivity index (χ0n) is 9.70. The summed E-state index contributed by atoms with van der Waals surface area (Å²) in [6.45, 7) is 6.41. The van der Waals surface area contributed by atoms with Gasteiger partial charge in [-0.05, 0) is 25.3 Å². The molecule has 0 spiro atoms. The lowest BCUT2D eigenvalue weighted by molar-refractivity contribution is -0.122. The van der Waals surface area contributed by atoms with Crippen molar-refractivity contribution in [3.63, 3.8) is 0 Å². The van der Waals surface area contributed by atoms with Gasteiger partial charge in [0, 0.05) is 12.6 Å². The molecule has 0 aromatic carbocycles. The highest BCUT2D eigenvalue weighted by Gasteiger charge is 2.25. The third kappa shape index (κ3) is 4.18. The largest absolute Gasteiger partial charge is 0.395 e. The van der Waals surface area contributed by atoms with Gasteiger partial charge >= 0.3 is 0 Å². The second kappa shape index (κ2) is 6.08. The number of aliphatic hydroxyl groups is 1. The van der Waals surface area contributed by atoms with Gasteiger partial charge in [-0.25, -0.2) is 0 Å². The molecule has 0 bridgehead atoms. The van der Waals surface area contributed by atoms with Crippen LogP contribution in [0.15, 0.2) is 0 Å². The van der Waals surface area contributed by atoms with Gasteiger partial charge < -0.3 is 10.4 Å². The third-order valence-electron chi connectivity index (χ3n) is 2.76. The lowest BCUT2D eigenvalue weighted by Crippen LogP contribution is -2.41. The van der Waals surface area contributed by atoms with E-state index in [9.17, 15) is 4.79 Å². The second-order valence-corrected chi connectivity index (χ2v) is 4.65. The molecule has 1 saturated heterocycles. The van der Waals surface area contributed by atoms with Crippen LogP contribution in [0.2, 0.25) is 0 Å². The van der Waals surface area contributed by atoms with Crippen LogP contribution < -0.4 is 5.32 Å². The fraction of sp³-hybridized carbons (Fsp3) is 0.909. The van der Waals surface area contributed by atoms with Crippen molar-refractivity contribution in [3.05, 3.63) is 0 Å². The van der Waals surface area contributed by atoms with Gasteiger partial charge in [-0.15, -0.1) is 0 Å². The molecular formula is C11H22N2O2. The third-order valence-corrected chi connectivity index (χ3v) is 2.76. The van der Waals surface area contributed by atoms with Crippen molar-refractivity contribution in [2.24, 2.45) is 5.92 Å². The van der Waals surface area contributed by atoms with Gasteiger partial charge in [0.05, 0.1) is 13.2 Å². The second-order valence-electron chi connectivity index (χ2n) is 4.65.